The van der Waals surface area contributed by atoms with Crippen molar-refractivity contribution in [2.75, 3.05) is 6.54 Å². The molecule has 0 saturated heterocycles. The summed E-state index contributed by atoms with van der Waals surface area (Å²) in [7, 11) is 0. The zero-order valence-electron chi connectivity index (χ0n) is 13.5. The molecule has 0 heterocycles. The molecule has 0 bridgehead atoms. The predicted octanol–water partition coefficient (Wildman–Crippen LogP) is 3.72. The number of rotatable bonds is 7. The van der Waals surface area contributed by atoms with Crippen LogP contribution < -0.4 is 5.32 Å². The fourth-order valence-electron chi connectivity index (χ4n) is 2.13. The summed E-state index contributed by atoms with van der Waals surface area (Å²) in [4.78, 5) is 12.1. The van der Waals surface area contributed by atoms with Crippen LogP contribution in [0.4, 0.5) is 4.39 Å². The minimum atomic E-state index is -0.256. The summed E-state index contributed by atoms with van der Waals surface area (Å²) in [6, 6.07) is 13.8. The van der Waals surface area contributed by atoms with E-state index in [-0.39, 0.29) is 17.8 Å². The van der Waals surface area contributed by atoms with Gasteiger partial charge in [-0.05, 0) is 55.7 Å². The molecular formula is C19H22FNO2. The van der Waals surface area contributed by atoms with Crippen LogP contribution in [0, 0.1) is 5.82 Å². The number of hydrogen-bond donors (Lipinski definition) is 1. The second-order valence-corrected chi connectivity index (χ2v) is 5.69. The third-order valence-electron chi connectivity index (χ3n) is 3.39. The zero-order chi connectivity index (χ0) is 16.7. The second-order valence-electron chi connectivity index (χ2n) is 5.69. The van der Waals surface area contributed by atoms with Crippen LogP contribution in [0.25, 0.3) is 0 Å². The maximum atomic E-state index is 13.1. The smallest absolute Gasteiger partial charge is 0.251 e. The van der Waals surface area contributed by atoms with Crippen molar-refractivity contribution in [1.82, 2.24) is 5.32 Å². The Kier molecular flexibility index (Phi) is 6.29. The van der Waals surface area contributed by atoms with E-state index in [0.717, 1.165) is 11.1 Å². The van der Waals surface area contributed by atoms with Gasteiger partial charge in [-0.25, -0.2) is 4.39 Å². The highest BCUT2D eigenvalue weighted by atomic mass is 19.1. The Hall–Kier alpha value is -2.20. The second kappa shape index (κ2) is 8.44. The Morgan fingerprint density at radius 3 is 2.52 bits per heavy atom. The van der Waals surface area contributed by atoms with Crippen molar-refractivity contribution < 1.29 is 13.9 Å². The van der Waals surface area contributed by atoms with Gasteiger partial charge in [-0.2, -0.15) is 0 Å². The van der Waals surface area contributed by atoms with Crippen molar-refractivity contribution in [3.8, 4) is 0 Å². The number of nitrogens with one attached hydrogen (secondary N) is 1. The molecule has 1 amide bonds. The lowest BCUT2D eigenvalue weighted by Crippen LogP contribution is -2.25. The zero-order valence-corrected chi connectivity index (χ0v) is 13.5. The van der Waals surface area contributed by atoms with Gasteiger partial charge in [-0.1, -0.05) is 24.3 Å². The lowest BCUT2D eigenvalue weighted by atomic mass is 10.1. The summed E-state index contributed by atoms with van der Waals surface area (Å²) in [5.41, 5.74) is 2.51. The van der Waals surface area contributed by atoms with E-state index in [9.17, 15) is 9.18 Å². The molecule has 0 spiro atoms. The number of ether oxygens (including phenoxy) is 1. The molecule has 0 unspecified atom stereocenters. The molecule has 122 valence electrons. The predicted molar refractivity (Wildman–Crippen MR) is 88.8 cm³/mol. The molecule has 0 aromatic heterocycles. The molecule has 2 aromatic carbocycles. The number of benzene rings is 2. The fourth-order valence-corrected chi connectivity index (χ4v) is 2.13. The highest BCUT2D eigenvalue weighted by Crippen LogP contribution is 2.08. The minimum Gasteiger partial charge on any atom is -0.374 e. The van der Waals surface area contributed by atoms with Gasteiger partial charge in [0.2, 0.25) is 0 Å². The van der Waals surface area contributed by atoms with E-state index in [1.54, 1.807) is 18.2 Å². The first-order valence-corrected chi connectivity index (χ1v) is 7.78. The summed E-state index contributed by atoms with van der Waals surface area (Å²) < 4.78 is 18.6. The first-order chi connectivity index (χ1) is 11.0. The average molecular weight is 315 g/mol. The summed E-state index contributed by atoms with van der Waals surface area (Å²) in [5.74, 6) is -0.384. The van der Waals surface area contributed by atoms with Crippen LogP contribution in [0.15, 0.2) is 48.5 Å². The average Bonchev–Trinajstić information content (AvgIpc) is 2.53. The summed E-state index contributed by atoms with van der Waals surface area (Å²) in [5, 5.41) is 2.84. The molecule has 2 rings (SSSR count). The van der Waals surface area contributed by atoms with Crippen LogP contribution >= 0.6 is 0 Å². The molecule has 0 saturated carbocycles. The van der Waals surface area contributed by atoms with Crippen LogP contribution in [-0.2, 0) is 17.8 Å². The fraction of sp³-hybridized carbons (Fsp3) is 0.316. The Balaban J connectivity index is 1.81. The SMILES string of the molecule is CC(C)OCc1ccc(C(=O)NCCc2cccc(F)c2)cc1. The molecule has 2 aromatic rings. The van der Waals surface area contributed by atoms with E-state index < -0.39 is 0 Å². The van der Waals surface area contributed by atoms with E-state index in [1.807, 2.05) is 32.0 Å². The monoisotopic (exact) mass is 315 g/mol. The highest BCUT2D eigenvalue weighted by Gasteiger charge is 2.05. The van der Waals surface area contributed by atoms with E-state index in [2.05, 4.69) is 5.32 Å². The van der Waals surface area contributed by atoms with Gasteiger partial charge in [0.1, 0.15) is 5.82 Å². The normalized spacial score (nSPS) is 10.8. The third-order valence-corrected chi connectivity index (χ3v) is 3.39. The van der Waals surface area contributed by atoms with Gasteiger partial charge in [0.25, 0.3) is 5.91 Å². The molecule has 0 atom stereocenters. The van der Waals surface area contributed by atoms with Gasteiger partial charge in [0.15, 0.2) is 0 Å². The molecule has 0 fully saturated rings. The molecule has 0 aliphatic carbocycles. The Morgan fingerprint density at radius 1 is 1.13 bits per heavy atom. The maximum Gasteiger partial charge on any atom is 0.251 e. The van der Waals surface area contributed by atoms with E-state index in [1.165, 1.54) is 12.1 Å². The van der Waals surface area contributed by atoms with Crippen LogP contribution in [0.2, 0.25) is 0 Å². The Bertz CT molecular complexity index is 638. The molecule has 0 radical (unpaired) electrons. The Morgan fingerprint density at radius 2 is 1.87 bits per heavy atom. The largest absolute Gasteiger partial charge is 0.374 e. The minimum absolute atomic E-state index is 0.127. The number of amides is 1. The molecule has 0 aliphatic heterocycles. The van der Waals surface area contributed by atoms with Crippen molar-refractivity contribution in [2.45, 2.75) is 33.0 Å². The van der Waals surface area contributed by atoms with Gasteiger partial charge in [0, 0.05) is 12.1 Å². The van der Waals surface area contributed by atoms with E-state index in [0.29, 0.717) is 25.1 Å². The number of halogens is 1. The summed E-state index contributed by atoms with van der Waals surface area (Å²) in [6.45, 7) is 4.99. The van der Waals surface area contributed by atoms with Crippen LogP contribution in [0.1, 0.15) is 35.3 Å². The first-order valence-electron chi connectivity index (χ1n) is 7.78. The quantitative estimate of drug-likeness (QED) is 0.845. The molecule has 3 nitrogen and oxygen atoms in total. The molecule has 4 heteroatoms. The van der Waals surface area contributed by atoms with Crippen molar-refractivity contribution in [3.63, 3.8) is 0 Å². The highest BCUT2D eigenvalue weighted by molar-refractivity contribution is 5.94. The van der Waals surface area contributed by atoms with E-state index >= 15 is 0 Å². The van der Waals surface area contributed by atoms with Crippen molar-refractivity contribution >= 4 is 5.91 Å². The third kappa shape index (κ3) is 5.83. The van der Waals surface area contributed by atoms with Gasteiger partial charge in [-0.15, -0.1) is 0 Å². The lowest BCUT2D eigenvalue weighted by molar-refractivity contribution is 0.0657. The van der Waals surface area contributed by atoms with Crippen LogP contribution in [-0.4, -0.2) is 18.6 Å². The van der Waals surface area contributed by atoms with Gasteiger partial charge in [-0.3, -0.25) is 4.79 Å². The van der Waals surface area contributed by atoms with E-state index in [4.69, 9.17) is 4.74 Å². The first kappa shape index (κ1) is 17.2. The standard InChI is InChI=1S/C19H22FNO2/c1-14(2)23-13-16-6-8-17(9-7-16)19(22)21-11-10-15-4-3-5-18(20)12-15/h3-9,12,14H,10-11,13H2,1-2H3,(H,21,22). The molecule has 23 heavy (non-hydrogen) atoms. The molecule has 0 aliphatic rings. The summed E-state index contributed by atoms with van der Waals surface area (Å²) in [6.07, 6.45) is 0.782. The lowest BCUT2D eigenvalue weighted by Gasteiger charge is -2.09. The molecular weight excluding hydrogens is 293 g/mol. The summed E-state index contributed by atoms with van der Waals surface area (Å²) >= 11 is 0. The van der Waals surface area contributed by atoms with Crippen molar-refractivity contribution in [2.24, 2.45) is 0 Å². The number of carbonyl (C=O) groups excluding carboxylic acids is 1. The van der Waals surface area contributed by atoms with Crippen LogP contribution in [0.3, 0.4) is 0 Å². The van der Waals surface area contributed by atoms with Gasteiger partial charge < -0.3 is 10.1 Å². The van der Waals surface area contributed by atoms with Crippen molar-refractivity contribution in [1.29, 1.82) is 0 Å². The maximum absolute atomic E-state index is 13.1. The van der Waals surface area contributed by atoms with Gasteiger partial charge in [0.05, 0.1) is 12.7 Å². The molecule has 1 N–H and O–H groups in total. The van der Waals surface area contributed by atoms with Crippen LogP contribution in [0.5, 0.6) is 0 Å². The number of carbonyl (C=O) groups is 1. The van der Waals surface area contributed by atoms with Gasteiger partial charge >= 0.3 is 0 Å². The van der Waals surface area contributed by atoms with Crippen molar-refractivity contribution in [3.05, 3.63) is 71.0 Å². The Labute approximate surface area is 136 Å². The topological polar surface area (TPSA) is 38.3 Å². The number of hydrogen-bond acceptors (Lipinski definition) is 2.